The van der Waals surface area contributed by atoms with Gasteiger partial charge in [0.25, 0.3) is 0 Å². The highest BCUT2D eigenvalue weighted by molar-refractivity contribution is 5.85. The number of nitrogens with zero attached hydrogens (tertiary/aromatic N) is 1. The number of hydrogen-bond acceptors (Lipinski definition) is 4. The molecule has 1 aliphatic rings. The fourth-order valence-corrected chi connectivity index (χ4v) is 2.53. The normalized spacial score (nSPS) is 16.8. The van der Waals surface area contributed by atoms with Gasteiger partial charge in [0.2, 0.25) is 0 Å². The Morgan fingerprint density at radius 1 is 1.26 bits per heavy atom. The number of pyridine rings is 1. The first-order chi connectivity index (χ1) is 9.40. The van der Waals surface area contributed by atoms with E-state index in [4.69, 9.17) is 10.6 Å². The molecule has 1 unspecified atom stereocenters. The van der Waals surface area contributed by atoms with Crippen molar-refractivity contribution in [3.05, 3.63) is 54.1 Å². The Bertz CT molecular complexity index is 604. The van der Waals surface area contributed by atoms with Crippen molar-refractivity contribution in [1.82, 2.24) is 10.4 Å². The molecule has 1 aromatic carbocycles. The minimum atomic E-state index is -0.0913. The van der Waals surface area contributed by atoms with Gasteiger partial charge in [0, 0.05) is 11.6 Å². The van der Waals surface area contributed by atoms with Crippen molar-refractivity contribution in [1.29, 1.82) is 0 Å². The maximum Gasteiger partial charge on any atom is 0.0880 e. The molecule has 1 aromatic heterocycles. The number of nitrogens with two attached hydrogens (primary N) is 1. The SMILES string of the molecule is NNC(C1=COCCC1)c1nccc2ccccc12. The first kappa shape index (κ1) is 12.1. The van der Waals surface area contributed by atoms with E-state index in [0.717, 1.165) is 36.1 Å². The van der Waals surface area contributed by atoms with E-state index in [9.17, 15) is 0 Å². The largest absolute Gasteiger partial charge is 0.501 e. The molecule has 0 fully saturated rings. The van der Waals surface area contributed by atoms with Crippen LogP contribution >= 0.6 is 0 Å². The summed E-state index contributed by atoms with van der Waals surface area (Å²) in [4.78, 5) is 4.51. The molecular weight excluding hydrogens is 238 g/mol. The van der Waals surface area contributed by atoms with E-state index < -0.39 is 0 Å². The molecule has 0 saturated heterocycles. The van der Waals surface area contributed by atoms with E-state index in [-0.39, 0.29) is 6.04 Å². The molecule has 0 spiro atoms. The summed E-state index contributed by atoms with van der Waals surface area (Å²) in [6.07, 6.45) is 5.65. The summed E-state index contributed by atoms with van der Waals surface area (Å²) in [6, 6.07) is 10.1. The van der Waals surface area contributed by atoms with Gasteiger partial charge in [0.05, 0.1) is 24.6 Å². The maximum absolute atomic E-state index is 5.74. The Balaban J connectivity index is 2.08. The van der Waals surface area contributed by atoms with Crippen LogP contribution in [0.4, 0.5) is 0 Å². The molecule has 98 valence electrons. The Hall–Kier alpha value is -1.91. The topological polar surface area (TPSA) is 60.2 Å². The van der Waals surface area contributed by atoms with Crippen LogP contribution in [-0.2, 0) is 4.74 Å². The first-order valence-electron chi connectivity index (χ1n) is 6.50. The quantitative estimate of drug-likeness (QED) is 0.653. The zero-order valence-electron chi connectivity index (χ0n) is 10.7. The minimum absolute atomic E-state index is 0.0913. The molecule has 4 heteroatoms. The number of nitrogens with one attached hydrogen (secondary N) is 1. The number of hydrazine groups is 1. The second-order valence-electron chi connectivity index (χ2n) is 4.68. The fourth-order valence-electron chi connectivity index (χ4n) is 2.53. The van der Waals surface area contributed by atoms with Crippen LogP contribution in [0.5, 0.6) is 0 Å². The van der Waals surface area contributed by atoms with E-state index in [1.807, 2.05) is 30.7 Å². The van der Waals surface area contributed by atoms with Crippen LogP contribution in [0.2, 0.25) is 0 Å². The third kappa shape index (κ3) is 2.32. The molecule has 0 radical (unpaired) electrons. The van der Waals surface area contributed by atoms with E-state index >= 15 is 0 Å². The lowest BCUT2D eigenvalue weighted by Crippen LogP contribution is -2.31. The van der Waals surface area contributed by atoms with E-state index in [1.165, 1.54) is 5.39 Å². The average Bonchev–Trinajstić information content (AvgIpc) is 2.49. The van der Waals surface area contributed by atoms with Crippen LogP contribution in [-0.4, -0.2) is 11.6 Å². The third-order valence-electron chi connectivity index (χ3n) is 3.48. The van der Waals surface area contributed by atoms with Gasteiger partial charge in [-0.2, -0.15) is 0 Å². The molecule has 0 amide bonds. The summed E-state index contributed by atoms with van der Waals surface area (Å²) >= 11 is 0. The van der Waals surface area contributed by atoms with Crippen LogP contribution in [0, 0.1) is 0 Å². The van der Waals surface area contributed by atoms with Crippen LogP contribution in [0.15, 0.2) is 48.4 Å². The Kier molecular flexibility index (Phi) is 3.44. The predicted octanol–water partition coefficient (Wildman–Crippen LogP) is 2.43. The first-order valence-corrected chi connectivity index (χ1v) is 6.50. The molecule has 4 nitrogen and oxygen atoms in total. The maximum atomic E-state index is 5.74. The highest BCUT2D eigenvalue weighted by Gasteiger charge is 2.20. The van der Waals surface area contributed by atoms with Gasteiger partial charge in [-0.15, -0.1) is 0 Å². The Labute approximate surface area is 112 Å². The molecular formula is C15H17N3O. The van der Waals surface area contributed by atoms with Gasteiger partial charge < -0.3 is 4.74 Å². The summed E-state index contributed by atoms with van der Waals surface area (Å²) in [5.41, 5.74) is 4.98. The fraction of sp³-hybridized carbons (Fsp3) is 0.267. The Morgan fingerprint density at radius 2 is 2.16 bits per heavy atom. The summed E-state index contributed by atoms with van der Waals surface area (Å²) < 4.78 is 5.41. The van der Waals surface area contributed by atoms with Gasteiger partial charge in [-0.05, 0) is 29.9 Å². The lowest BCUT2D eigenvalue weighted by Gasteiger charge is -2.23. The zero-order valence-corrected chi connectivity index (χ0v) is 10.7. The van der Waals surface area contributed by atoms with Gasteiger partial charge in [-0.1, -0.05) is 24.3 Å². The Morgan fingerprint density at radius 3 is 2.95 bits per heavy atom. The standard InChI is InChI=1S/C15H17N3O/c16-18-14(12-5-3-9-19-10-12)15-13-6-2-1-4-11(13)7-8-17-15/h1-2,4,6-8,10,14,18H,3,5,9,16H2. The highest BCUT2D eigenvalue weighted by atomic mass is 16.5. The van der Waals surface area contributed by atoms with Gasteiger partial charge in [0.15, 0.2) is 0 Å². The number of fused-ring (bicyclic) bond motifs is 1. The number of ether oxygens (including phenoxy) is 1. The van der Waals surface area contributed by atoms with Crippen molar-refractivity contribution >= 4 is 10.8 Å². The average molecular weight is 255 g/mol. The van der Waals surface area contributed by atoms with Crippen molar-refractivity contribution in [3.8, 4) is 0 Å². The molecule has 1 atom stereocenters. The minimum Gasteiger partial charge on any atom is -0.501 e. The van der Waals surface area contributed by atoms with Gasteiger partial charge in [0.1, 0.15) is 0 Å². The number of hydrogen-bond donors (Lipinski definition) is 2. The highest BCUT2D eigenvalue weighted by Crippen LogP contribution is 2.30. The summed E-state index contributed by atoms with van der Waals surface area (Å²) in [5.74, 6) is 5.74. The molecule has 2 aromatic rings. The van der Waals surface area contributed by atoms with Crippen molar-refractivity contribution in [2.45, 2.75) is 18.9 Å². The second-order valence-corrected chi connectivity index (χ2v) is 4.68. The monoisotopic (exact) mass is 255 g/mol. The number of aromatic nitrogens is 1. The molecule has 3 N–H and O–H groups in total. The molecule has 0 bridgehead atoms. The lowest BCUT2D eigenvalue weighted by molar-refractivity contribution is 0.219. The van der Waals surface area contributed by atoms with Gasteiger partial charge in [-0.25, -0.2) is 5.43 Å². The van der Waals surface area contributed by atoms with E-state index in [2.05, 4.69) is 22.5 Å². The van der Waals surface area contributed by atoms with E-state index in [0.29, 0.717) is 0 Å². The molecule has 0 saturated carbocycles. The van der Waals surface area contributed by atoms with Crippen molar-refractivity contribution < 1.29 is 4.74 Å². The lowest BCUT2D eigenvalue weighted by atomic mass is 9.96. The number of rotatable bonds is 3. The molecule has 19 heavy (non-hydrogen) atoms. The predicted molar refractivity (Wildman–Crippen MR) is 75.1 cm³/mol. The van der Waals surface area contributed by atoms with Crippen LogP contribution in [0.1, 0.15) is 24.6 Å². The van der Waals surface area contributed by atoms with Crippen molar-refractivity contribution in [2.75, 3.05) is 6.61 Å². The van der Waals surface area contributed by atoms with Crippen LogP contribution < -0.4 is 11.3 Å². The zero-order chi connectivity index (χ0) is 13.1. The summed E-state index contributed by atoms with van der Waals surface area (Å²) in [6.45, 7) is 0.782. The van der Waals surface area contributed by atoms with E-state index in [1.54, 1.807) is 0 Å². The summed E-state index contributed by atoms with van der Waals surface area (Å²) in [7, 11) is 0. The van der Waals surface area contributed by atoms with Crippen molar-refractivity contribution in [2.24, 2.45) is 5.84 Å². The van der Waals surface area contributed by atoms with Crippen molar-refractivity contribution in [3.63, 3.8) is 0 Å². The molecule has 2 heterocycles. The molecule has 0 aliphatic carbocycles. The van der Waals surface area contributed by atoms with Gasteiger partial charge >= 0.3 is 0 Å². The number of benzene rings is 1. The smallest absolute Gasteiger partial charge is 0.0880 e. The third-order valence-corrected chi connectivity index (χ3v) is 3.48. The molecule has 1 aliphatic heterocycles. The summed E-state index contributed by atoms with van der Waals surface area (Å²) in [5, 5.41) is 2.30. The van der Waals surface area contributed by atoms with Crippen LogP contribution in [0.3, 0.4) is 0 Å². The molecule has 3 rings (SSSR count). The second kappa shape index (κ2) is 5.38. The van der Waals surface area contributed by atoms with Gasteiger partial charge in [-0.3, -0.25) is 10.8 Å². The van der Waals surface area contributed by atoms with Crippen LogP contribution in [0.25, 0.3) is 10.8 Å².